The molecule has 2 heterocycles. The molecule has 0 aliphatic carbocycles. The van der Waals surface area contributed by atoms with Crippen LogP contribution >= 0.6 is 0 Å². The minimum absolute atomic E-state index is 0.0993. The maximum atomic E-state index is 13.6. The van der Waals surface area contributed by atoms with Crippen LogP contribution in [0, 0.1) is 0 Å². The van der Waals surface area contributed by atoms with E-state index in [-0.39, 0.29) is 11.8 Å². The molecule has 0 unspecified atom stereocenters. The molecule has 1 saturated heterocycles. The number of hydrogen-bond acceptors (Lipinski definition) is 5. The maximum Gasteiger partial charge on any atom is 0.255 e. The highest BCUT2D eigenvalue weighted by Gasteiger charge is 2.24. The van der Waals surface area contributed by atoms with Gasteiger partial charge in [-0.05, 0) is 78.9 Å². The summed E-state index contributed by atoms with van der Waals surface area (Å²) in [6, 6.07) is 22.8. The number of likely N-dealkylation sites (N-methyl/N-ethyl adjacent to an activating group) is 1. The zero-order valence-corrected chi connectivity index (χ0v) is 25.3. The summed E-state index contributed by atoms with van der Waals surface area (Å²) in [7, 11) is 1.80. The van der Waals surface area contributed by atoms with Crippen molar-refractivity contribution in [3.05, 3.63) is 83.4 Å². The predicted molar refractivity (Wildman–Crippen MR) is 170 cm³/mol. The molecule has 0 spiro atoms. The van der Waals surface area contributed by atoms with Gasteiger partial charge in [0.2, 0.25) is 5.91 Å². The highest BCUT2D eigenvalue weighted by atomic mass is 16.5. The number of anilines is 2. The minimum Gasteiger partial charge on any atom is -0.381 e. The molecule has 0 saturated carbocycles. The number of nitrogens with one attached hydrogen (secondary N) is 1. The Hall–Kier alpha value is -3.52. The zero-order valence-electron chi connectivity index (χ0n) is 25.3. The first kappa shape index (κ1) is 30.0. The number of rotatable bonds is 11. The topological polar surface area (TPSA) is 65.1 Å². The lowest BCUT2D eigenvalue weighted by Gasteiger charge is -2.36. The summed E-state index contributed by atoms with van der Waals surface area (Å²) in [5.74, 6) is -0.0523. The molecular formula is C35H44N4O3. The van der Waals surface area contributed by atoms with Crippen molar-refractivity contribution in [2.45, 2.75) is 52.1 Å². The molecule has 0 atom stereocenters. The molecule has 2 aliphatic rings. The lowest BCUT2D eigenvalue weighted by atomic mass is 9.95. The van der Waals surface area contributed by atoms with Crippen molar-refractivity contribution in [2.75, 3.05) is 56.7 Å². The summed E-state index contributed by atoms with van der Waals surface area (Å²) in [6.07, 6.45) is 3.29. The van der Waals surface area contributed by atoms with Gasteiger partial charge in [-0.15, -0.1) is 0 Å². The van der Waals surface area contributed by atoms with E-state index >= 15 is 0 Å². The lowest BCUT2D eigenvalue weighted by Crippen LogP contribution is -2.43. The van der Waals surface area contributed by atoms with E-state index in [0.29, 0.717) is 23.7 Å². The standard InChI is InChI=1S/C35H44N4O3/c1-4-38(5-2)19-20-39(31-17-21-42-22-18-31)25-29-23-28(12-15-32(29)26-9-7-6-8-10-26)35(41)36-30-14-11-27-13-16-34(40)37(3)33(27)24-30/h6-12,14-15,23-24,31H,4-5,13,16-22,25H2,1-3H3,(H,36,41). The predicted octanol–water partition coefficient (Wildman–Crippen LogP) is 5.84. The van der Waals surface area contributed by atoms with E-state index in [4.69, 9.17) is 4.74 Å². The van der Waals surface area contributed by atoms with Crippen LogP contribution in [0.4, 0.5) is 11.4 Å². The Kier molecular flexibility index (Phi) is 10.1. The van der Waals surface area contributed by atoms with Gasteiger partial charge in [0.05, 0.1) is 0 Å². The second-order valence-corrected chi connectivity index (χ2v) is 11.3. The Bertz CT molecular complexity index is 1370. The van der Waals surface area contributed by atoms with Crippen LogP contribution in [0.5, 0.6) is 0 Å². The van der Waals surface area contributed by atoms with Crippen molar-refractivity contribution in [3.8, 4) is 11.1 Å². The molecule has 222 valence electrons. The average molecular weight is 569 g/mol. The van der Waals surface area contributed by atoms with Crippen LogP contribution in [-0.4, -0.2) is 74.1 Å². The van der Waals surface area contributed by atoms with Gasteiger partial charge in [-0.3, -0.25) is 14.5 Å². The summed E-state index contributed by atoms with van der Waals surface area (Å²) < 4.78 is 5.70. The SMILES string of the molecule is CCN(CC)CCN(Cc1cc(C(=O)Nc2ccc3c(c2)N(C)C(=O)CC3)ccc1-c1ccccc1)C1CCOCC1. The van der Waals surface area contributed by atoms with E-state index in [0.717, 1.165) is 93.1 Å². The molecule has 0 bridgehead atoms. The van der Waals surface area contributed by atoms with E-state index in [1.807, 2.05) is 30.3 Å². The highest BCUT2D eigenvalue weighted by Crippen LogP contribution is 2.31. The molecule has 7 heteroatoms. The molecule has 3 aromatic carbocycles. The van der Waals surface area contributed by atoms with Crippen molar-refractivity contribution in [3.63, 3.8) is 0 Å². The average Bonchev–Trinajstić information content (AvgIpc) is 3.03. The molecule has 42 heavy (non-hydrogen) atoms. The number of aryl methyl sites for hydroxylation is 1. The molecule has 1 N–H and O–H groups in total. The second-order valence-electron chi connectivity index (χ2n) is 11.3. The second kappa shape index (κ2) is 14.1. The van der Waals surface area contributed by atoms with Crippen molar-refractivity contribution in [1.29, 1.82) is 0 Å². The number of hydrogen-bond donors (Lipinski definition) is 1. The van der Waals surface area contributed by atoms with E-state index in [1.54, 1.807) is 11.9 Å². The van der Waals surface area contributed by atoms with Gasteiger partial charge in [0.1, 0.15) is 0 Å². The van der Waals surface area contributed by atoms with Crippen molar-refractivity contribution < 1.29 is 14.3 Å². The maximum absolute atomic E-state index is 13.6. The van der Waals surface area contributed by atoms with Crippen LogP contribution in [0.15, 0.2) is 66.7 Å². The fraction of sp³-hybridized carbons (Fsp3) is 0.429. The molecule has 2 aliphatic heterocycles. The van der Waals surface area contributed by atoms with Gasteiger partial charge in [-0.1, -0.05) is 56.3 Å². The van der Waals surface area contributed by atoms with Gasteiger partial charge in [0, 0.05) is 69.3 Å². The molecule has 5 rings (SSSR count). The molecule has 0 radical (unpaired) electrons. The fourth-order valence-corrected chi connectivity index (χ4v) is 6.15. The Morgan fingerprint density at radius 2 is 1.71 bits per heavy atom. The van der Waals surface area contributed by atoms with Gasteiger partial charge in [0.25, 0.3) is 5.91 Å². The van der Waals surface area contributed by atoms with Gasteiger partial charge in [0.15, 0.2) is 0 Å². The van der Waals surface area contributed by atoms with Crippen LogP contribution < -0.4 is 10.2 Å². The van der Waals surface area contributed by atoms with E-state index in [1.165, 1.54) is 0 Å². The van der Waals surface area contributed by atoms with Gasteiger partial charge >= 0.3 is 0 Å². The molecule has 3 aromatic rings. The smallest absolute Gasteiger partial charge is 0.255 e. The van der Waals surface area contributed by atoms with Crippen LogP contribution in [0.1, 0.15) is 54.6 Å². The molecule has 1 fully saturated rings. The third-order valence-corrected chi connectivity index (χ3v) is 8.82. The summed E-state index contributed by atoms with van der Waals surface area (Å²) >= 11 is 0. The fourth-order valence-electron chi connectivity index (χ4n) is 6.15. The Labute approximate surface area is 250 Å². The highest BCUT2D eigenvalue weighted by molar-refractivity contribution is 6.05. The van der Waals surface area contributed by atoms with Crippen LogP contribution in [0.3, 0.4) is 0 Å². The number of fused-ring (bicyclic) bond motifs is 1. The number of ether oxygens (including phenoxy) is 1. The lowest BCUT2D eigenvalue weighted by molar-refractivity contribution is -0.118. The number of carbonyl (C=O) groups is 2. The molecule has 2 amide bonds. The third-order valence-electron chi connectivity index (χ3n) is 8.82. The monoisotopic (exact) mass is 568 g/mol. The van der Waals surface area contributed by atoms with E-state index in [9.17, 15) is 9.59 Å². The van der Waals surface area contributed by atoms with Crippen LogP contribution in [0.25, 0.3) is 11.1 Å². The normalized spacial score (nSPS) is 15.7. The third kappa shape index (κ3) is 7.09. The van der Waals surface area contributed by atoms with Crippen LogP contribution in [-0.2, 0) is 22.5 Å². The van der Waals surface area contributed by atoms with Crippen molar-refractivity contribution in [1.82, 2.24) is 9.80 Å². The zero-order chi connectivity index (χ0) is 29.5. The molecular weight excluding hydrogens is 524 g/mol. The van der Waals surface area contributed by atoms with E-state index < -0.39 is 0 Å². The summed E-state index contributed by atoms with van der Waals surface area (Å²) in [5.41, 5.74) is 6.76. The Morgan fingerprint density at radius 1 is 0.952 bits per heavy atom. The van der Waals surface area contributed by atoms with Gasteiger partial charge in [-0.2, -0.15) is 0 Å². The number of carbonyl (C=O) groups excluding carboxylic acids is 2. The molecule has 0 aromatic heterocycles. The molecule has 7 nitrogen and oxygen atoms in total. The largest absolute Gasteiger partial charge is 0.381 e. The first-order valence-electron chi connectivity index (χ1n) is 15.4. The summed E-state index contributed by atoms with van der Waals surface area (Å²) in [4.78, 5) is 32.6. The van der Waals surface area contributed by atoms with E-state index in [2.05, 4.69) is 65.4 Å². The van der Waals surface area contributed by atoms with Gasteiger partial charge < -0.3 is 19.9 Å². The van der Waals surface area contributed by atoms with Gasteiger partial charge in [-0.25, -0.2) is 0 Å². The summed E-state index contributed by atoms with van der Waals surface area (Å²) in [5, 5.41) is 3.09. The number of amides is 2. The number of benzene rings is 3. The van der Waals surface area contributed by atoms with Crippen molar-refractivity contribution in [2.24, 2.45) is 0 Å². The van der Waals surface area contributed by atoms with Crippen molar-refractivity contribution >= 4 is 23.2 Å². The van der Waals surface area contributed by atoms with Crippen LogP contribution in [0.2, 0.25) is 0 Å². The summed E-state index contributed by atoms with van der Waals surface area (Å²) in [6.45, 7) is 10.9. The first-order valence-corrected chi connectivity index (χ1v) is 15.4. The Morgan fingerprint density at radius 3 is 2.45 bits per heavy atom. The minimum atomic E-state index is -0.152. The quantitative estimate of drug-likeness (QED) is 0.315. The first-order chi connectivity index (χ1) is 20.5. The number of nitrogens with zero attached hydrogens (tertiary/aromatic N) is 3. The Balaban J connectivity index is 1.43.